The molecule has 1 atom stereocenters. The number of aromatic nitrogens is 2. The number of rotatable bonds is 7. The van der Waals surface area contributed by atoms with Gasteiger partial charge in [-0.2, -0.15) is 0 Å². The molecule has 2 N–H and O–H groups in total. The molecule has 2 aromatic rings. The molecule has 5 heteroatoms. The van der Waals surface area contributed by atoms with Crippen LogP contribution in [0.2, 0.25) is 0 Å². The summed E-state index contributed by atoms with van der Waals surface area (Å²) in [5.41, 5.74) is 1.94. The first kappa shape index (κ1) is 15.1. The lowest BCUT2D eigenvalue weighted by atomic mass is 10.0. The SMILES string of the molecule is CC(C)C(O)CCNCc1csc(-c2ccccn2)n1. The van der Waals surface area contributed by atoms with Crippen LogP contribution < -0.4 is 5.32 Å². The zero-order valence-electron chi connectivity index (χ0n) is 11.9. The molecule has 20 heavy (non-hydrogen) atoms. The first-order valence-corrected chi connectivity index (χ1v) is 7.79. The van der Waals surface area contributed by atoms with Crippen LogP contribution in [-0.4, -0.2) is 27.7 Å². The van der Waals surface area contributed by atoms with Gasteiger partial charge in [-0.05, 0) is 31.0 Å². The number of nitrogens with one attached hydrogen (secondary N) is 1. The summed E-state index contributed by atoms with van der Waals surface area (Å²) < 4.78 is 0. The maximum Gasteiger partial charge on any atom is 0.142 e. The lowest BCUT2D eigenvalue weighted by molar-refractivity contribution is 0.116. The van der Waals surface area contributed by atoms with Crippen LogP contribution in [0.4, 0.5) is 0 Å². The monoisotopic (exact) mass is 291 g/mol. The molecule has 0 aliphatic rings. The zero-order chi connectivity index (χ0) is 14.4. The summed E-state index contributed by atoms with van der Waals surface area (Å²) in [7, 11) is 0. The first-order valence-electron chi connectivity index (χ1n) is 6.91. The molecule has 2 heterocycles. The summed E-state index contributed by atoms with van der Waals surface area (Å²) in [4.78, 5) is 8.86. The van der Waals surface area contributed by atoms with Gasteiger partial charge in [0.15, 0.2) is 0 Å². The third-order valence-electron chi connectivity index (χ3n) is 3.13. The van der Waals surface area contributed by atoms with Crippen molar-refractivity contribution in [3.05, 3.63) is 35.5 Å². The van der Waals surface area contributed by atoms with Crippen LogP contribution in [0, 0.1) is 5.92 Å². The summed E-state index contributed by atoms with van der Waals surface area (Å²) in [6.45, 7) is 5.60. The van der Waals surface area contributed by atoms with Crippen LogP contribution in [0.3, 0.4) is 0 Å². The van der Waals surface area contributed by atoms with Crippen molar-refractivity contribution in [1.82, 2.24) is 15.3 Å². The Labute approximate surface area is 123 Å². The van der Waals surface area contributed by atoms with E-state index in [0.717, 1.165) is 35.9 Å². The van der Waals surface area contributed by atoms with Crippen molar-refractivity contribution in [2.45, 2.75) is 32.9 Å². The molecular weight excluding hydrogens is 270 g/mol. The first-order chi connectivity index (χ1) is 9.66. The molecule has 0 saturated heterocycles. The number of aliphatic hydroxyl groups excluding tert-OH is 1. The number of aliphatic hydroxyl groups is 1. The largest absolute Gasteiger partial charge is 0.393 e. The zero-order valence-corrected chi connectivity index (χ0v) is 12.7. The summed E-state index contributed by atoms with van der Waals surface area (Å²) in [6.07, 6.45) is 2.32. The molecule has 0 spiro atoms. The average Bonchev–Trinajstić information content (AvgIpc) is 2.93. The van der Waals surface area contributed by atoms with Crippen LogP contribution in [0.15, 0.2) is 29.8 Å². The van der Waals surface area contributed by atoms with Gasteiger partial charge in [0.05, 0.1) is 17.5 Å². The Bertz CT molecular complexity index is 513. The molecule has 108 valence electrons. The van der Waals surface area contributed by atoms with Gasteiger partial charge in [-0.25, -0.2) is 4.98 Å². The summed E-state index contributed by atoms with van der Waals surface area (Å²) in [5.74, 6) is 0.312. The van der Waals surface area contributed by atoms with E-state index < -0.39 is 0 Å². The molecule has 1 unspecified atom stereocenters. The normalized spacial score (nSPS) is 12.8. The summed E-state index contributed by atoms with van der Waals surface area (Å²) in [6, 6.07) is 5.84. The topological polar surface area (TPSA) is 58.0 Å². The quantitative estimate of drug-likeness (QED) is 0.770. The molecular formula is C15H21N3OS. The van der Waals surface area contributed by atoms with Crippen molar-refractivity contribution in [2.75, 3.05) is 6.54 Å². The van der Waals surface area contributed by atoms with Gasteiger partial charge in [0.25, 0.3) is 0 Å². The molecule has 0 aliphatic carbocycles. The fourth-order valence-electron chi connectivity index (χ4n) is 1.79. The highest BCUT2D eigenvalue weighted by Gasteiger charge is 2.09. The van der Waals surface area contributed by atoms with Crippen LogP contribution in [0.1, 0.15) is 26.0 Å². The molecule has 0 aromatic carbocycles. The standard InChI is InChI=1S/C15H21N3OS/c1-11(2)14(19)6-8-16-9-12-10-20-15(18-12)13-5-3-4-7-17-13/h3-5,7,10-11,14,16,19H,6,8-9H2,1-2H3. The van der Waals surface area contributed by atoms with Crippen LogP contribution in [-0.2, 0) is 6.54 Å². The summed E-state index contributed by atoms with van der Waals surface area (Å²) >= 11 is 1.61. The number of thiazole rings is 1. The van der Waals surface area contributed by atoms with Crippen molar-refractivity contribution in [2.24, 2.45) is 5.92 Å². The third kappa shape index (κ3) is 4.37. The van der Waals surface area contributed by atoms with Gasteiger partial charge >= 0.3 is 0 Å². The Morgan fingerprint density at radius 2 is 2.20 bits per heavy atom. The average molecular weight is 291 g/mol. The van der Waals surface area contributed by atoms with Gasteiger partial charge in [-0.15, -0.1) is 11.3 Å². The number of hydrogen-bond donors (Lipinski definition) is 2. The van der Waals surface area contributed by atoms with Crippen molar-refractivity contribution >= 4 is 11.3 Å². The second-order valence-electron chi connectivity index (χ2n) is 5.14. The van der Waals surface area contributed by atoms with E-state index in [9.17, 15) is 5.11 Å². The Morgan fingerprint density at radius 3 is 2.90 bits per heavy atom. The molecule has 4 nitrogen and oxygen atoms in total. The van der Waals surface area contributed by atoms with E-state index in [2.05, 4.69) is 20.7 Å². The van der Waals surface area contributed by atoms with E-state index in [1.165, 1.54) is 0 Å². The number of nitrogens with zero attached hydrogens (tertiary/aromatic N) is 2. The maximum atomic E-state index is 9.71. The smallest absolute Gasteiger partial charge is 0.142 e. The van der Waals surface area contributed by atoms with E-state index in [0.29, 0.717) is 5.92 Å². The van der Waals surface area contributed by atoms with Gasteiger partial charge in [0.1, 0.15) is 5.01 Å². The fourth-order valence-corrected chi connectivity index (χ4v) is 2.59. The Kier molecular flexibility index (Phi) is 5.64. The number of hydrogen-bond acceptors (Lipinski definition) is 5. The molecule has 2 rings (SSSR count). The third-order valence-corrected chi connectivity index (χ3v) is 4.04. The molecule has 0 bridgehead atoms. The highest BCUT2D eigenvalue weighted by atomic mass is 32.1. The molecule has 0 aliphatic heterocycles. The van der Waals surface area contributed by atoms with Crippen LogP contribution in [0.25, 0.3) is 10.7 Å². The van der Waals surface area contributed by atoms with Crippen LogP contribution >= 0.6 is 11.3 Å². The number of pyridine rings is 1. The highest BCUT2D eigenvalue weighted by Crippen LogP contribution is 2.21. The summed E-state index contributed by atoms with van der Waals surface area (Å²) in [5, 5.41) is 16.0. The highest BCUT2D eigenvalue weighted by molar-refractivity contribution is 7.13. The van der Waals surface area contributed by atoms with Gasteiger partial charge in [0, 0.05) is 18.1 Å². The van der Waals surface area contributed by atoms with E-state index >= 15 is 0 Å². The van der Waals surface area contributed by atoms with E-state index in [1.54, 1.807) is 17.5 Å². The van der Waals surface area contributed by atoms with E-state index in [1.807, 2.05) is 32.0 Å². The van der Waals surface area contributed by atoms with Crippen molar-refractivity contribution in [3.8, 4) is 10.7 Å². The molecule has 0 fully saturated rings. The molecule has 0 amide bonds. The lowest BCUT2D eigenvalue weighted by Gasteiger charge is -2.14. The minimum absolute atomic E-state index is 0.234. The predicted octanol–water partition coefficient (Wildman–Crippen LogP) is 2.70. The minimum atomic E-state index is -0.234. The van der Waals surface area contributed by atoms with Crippen molar-refractivity contribution in [1.29, 1.82) is 0 Å². The molecule has 0 radical (unpaired) electrons. The Hall–Kier alpha value is -1.30. The second-order valence-corrected chi connectivity index (χ2v) is 5.99. The fraction of sp³-hybridized carbons (Fsp3) is 0.467. The van der Waals surface area contributed by atoms with Gasteiger partial charge in [0.2, 0.25) is 0 Å². The van der Waals surface area contributed by atoms with Crippen LogP contribution in [0.5, 0.6) is 0 Å². The Morgan fingerprint density at radius 1 is 1.35 bits per heavy atom. The van der Waals surface area contributed by atoms with Gasteiger partial charge < -0.3 is 10.4 Å². The lowest BCUT2D eigenvalue weighted by Crippen LogP contribution is -2.23. The molecule has 2 aromatic heterocycles. The van der Waals surface area contributed by atoms with Gasteiger partial charge in [-0.3, -0.25) is 4.98 Å². The van der Waals surface area contributed by atoms with Crippen molar-refractivity contribution in [3.63, 3.8) is 0 Å². The molecule has 0 saturated carbocycles. The van der Waals surface area contributed by atoms with E-state index in [4.69, 9.17) is 0 Å². The predicted molar refractivity (Wildman–Crippen MR) is 82.5 cm³/mol. The second kappa shape index (κ2) is 7.47. The Balaban J connectivity index is 1.79. The minimum Gasteiger partial charge on any atom is -0.393 e. The van der Waals surface area contributed by atoms with Gasteiger partial charge in [-0.1, -0.05) is 19.9 Å². The maximum absolute atomic E-state index is 9.71. The van der Waals surface area contributed by atoms with Crippen molar-refractivity contribution < 1.29 is 5.11 Å². The van der Waals surface area contributed by atoms with E-state index in [-0.39, 0.29) is 6.10 Å².